The zero-order chi connectivity index (χ0) is 61.6. The van der Waals surface area contributed by atoms with Crippen LogP contribution in [0.1, 0.15) is 127 Å². The SMILES string of the molecule is CC(C)=O.CC(C)=O.O.O.Oc1cc2cc(O)c1Oc1ccc(cc1)-c1ccc(cc1)Oc1c(O)cc(cc1O)C13CC4CC(C1)CC(C4)(C3)c1cc(O)c(c(O)c1)Oc1ccc(cc1)-c1ccc(cc1)Oc1c(O)cc(cc1O)C13CC4CC(CC2(C4)C1)C3. The summed E-state index contributed by atoms with van der Waals surface area (Å²) in [5, 5.41) is 92.7. The van der Waals surface area contributed by atoms with Crippen molar-refractivity contribution >= 4 is 11.6 Å². The van der Waals surface area contributed by atoms with Gasteiger partial charge in [0.05, 0.1) is 0 Å². The number of carbonyl (C=O) groups excluding carboxylic acids is 2. The molecule has 0 atom stereocenters. The summed E-state index contributed by atoms with van der Waals surface area (Å²) in [5.74, 6) is 2.07. The van der Waals surface area contributed by atoms with Crippen LogP contribution in [-0.2, 0) is 31.2 Å². The smallest absolute Gasteiger partial charge is 0.210 e. The summed E-state index contributed by atoms with van der Waals surface area (Å²) in [6.07, 6.45) is 10.8. The van der Waals surface area contributed by atoms with Gasteiger partial charge in [0.15, 0.2) is 46.0 Å². The van der Waals surface area contributed by atoms with Crippen LogP contribution >= 0.6 is 0 Å². The number of rotatable bonds is 0. The molecule has 0 amide bonds. The number of hydrogen-bond acceptors (Lipinski definition) is 14. The average Bonchev–Trinajstić information content (AvgIpc) is 0.712. The van der Waals surface area contributed by atoms with Crippen LogP contribution in [0.15, 0.2) is 146 Å². The Balaban J connectivity index is 0.000000789. The molecule has 12 N–H and O–H groups in total. The van der Waals surface area contributed by atoms with Crippen molar-refractivity contribution in [2.24, 2.45) is 23.7 Å². The van der Waals surface area contributed by atoms with E-state index in [4.69, 9.17) is 18.9 Å². The molecule has 8 saturated carbocycles. The van der Waals surface area contributed by atoms with Crippen molar-refractivity contribution in [1.82, 2.24) is 0 Å². The quantitative estimate of drug-likeness (QED) is 0.0701. The standard InChI is InChI=1S/C68H60O12.2C3H6O.2H2O/c69-53-19-45-20-54(70)61(53)77-49-9-1-41(2-10-49)42-3-11-50(12-4-42)78-62-55(71)21-46(22-56(62)72)67-31-39-18-40(32-67)34-68(33-39,36-67)48-25-59(75)64(60(76)26-48)80-52-15-7-44(8-16-52)43-5-13-51(14-6-43)79-63-57(73)23-47(24-58(63)74)66-29-37-17-38(30-66)28-65(45,27-37)35-66;2*1-3(2)4;;/h1-16,19-26,37-40,69-76H,17-18,27-36H2;2*1-2H3;2*1H2. The van der Waals surface area contributed by atoms with Crippen molar-refractivity contribution in [3.8, 4) is 114 Å². The summed E-state index contributed by atoms with van der Waals surface area (Å²) >= 11 is 0. The van der Waals surface area contributed by atoms with E-state index in [9.17, 15) is 50.4 Å². The second-order valence-corrected chi connectivity index (χ2v) is 26.7. The molecular formula is C74H76O16. The Kier molecular flexibility index (Phi) is 16.3. The fourth-order valence-corrected chi connectivity index (χ4v) is 17.2. The summed E-state index contributed by atoms with van der Waals surface area (Å²) in [7, 11) is 0. The molecule has 468 valence electrons. The van der Waals surface area contributed by atoms with Gasteiger partial charge in [0.2, 0.25) is 23.0 Å². The summed E-state index contributed by atoms with van der Waals surface area (Å²) in [4.78, 5) is 18.9. The minimum Gasteiger partial charge on any atom is -0.504 e. The average molecular weight is 1220 g/mol. The lowest BCUT2D eigenvalue weighted by Crippen LogP contribution is -2.55. The Morgan fingerprint density at radius 2 is 0.467 bits per heavy atom. The molecular weight excluding hydrogens is 1140 g/mol. The number of carbonyl (C=O) groups is 2. The van der Waals surface area contributed by atoms with Crippen LogP contribution in [0, 0.1) is 23.7 Å². The van der Waals surface area contributed by atoms with Crippen LogP contribution in [0.3, 0.4) is 0 Å². The first kappa shape index (κ1) is 62.2. The highest BCUT2D eigenvalue weighted by molar-refractivity contribution is 5.73. The van der Waals surface area contributed by atoms with Crippen molar-refractivity contribution in [2.45, 2.75) is 126 Å². The van der Waals surface area contributed by atoms with Crippen molar-refractivity contribution in [3.63, 3.8) is 0 Å². The molecule has 38 rings (SSSR count). The first-order chi connectivity index (χ1) is 42.0. The number of benzene rings is 8. The predicted octanol–water partition coefficient (Wildman–Crippen LogP) is 15.3. The summed E-state index contributed by atoms with van der Waals surface area (Å²) in [6.45, 7) is 6.11. The number of ether oxygens (including phenoxy) is 4. The molecule has 0 unspecified atom stereocenters. The highest BCUT2D eigenvalue weighted by atomic mass is 16.5. The molecule has 22 heterocycles. The van der Waals surface area contributed by atoms with E-state index in [1.54, 1.807) is 97.1 Å². The van der Waals surface area contributed by atoms with E-state index in [0.29, 0.717) is 59.5 Å². The van der Waals surface area contributed by atoms with Gasteiger partial charge in [-0.2, -0.15) is 0 Å². The molecule has 16 nitrogen and oxygen atoms in total. The van der Waals surface area contributed by atoms with Crippen LogP contribution in [0.4, 0.5) is 0 Å². The Morgan fingerprint density at radius 1 is 0.311 bits per heavy atom. The van der Waals surface area contributed by atoms with Crippen molar-refractivity contribution in [3.05, 3.63) is 168 Å². The summed E-state index contributed by atoms with van der Waals surface area (Å²) in [6, 6.07) is 43.1. The van der Waals surface area contributed by atoms with Gasteiger partial charge < -0.3 is 80.3 Å². The molecule has 16 heteroatoms. The maximum Gasteiger partial charge on any atom is 0.210 e. The van der Waals surface area contributed by atoms with Crippen molar-refractivity contribution < 1.29 is 80.3 Å². The van der Waals surface area contributed by atoms with Crippen LogP contribution in [-0.4, -0.2) is 63.4 Å². The lowest BCUT2D eigenvalue weighted by molar-refractivity contribution is -0.115. The Hall–Kier alpha value is -9.38. The van der Waals surface area contributed by atoms with Crippen molar-refractivity contribution in [1.29, 1.82) is 0 Å². The van der Waals surface area contributed by atoms with Crippen molar-refractivity contribution in [2.75, 3.05) is 0 Å². The van der Waals surface area contributed by atoms with Gasteiger partial charge >= 0.3 is 0 Å². The predicted molar refractivity (Wildman–Crippen MR) is 339 cm³/mol. The lowest BCUT2D eigenvalue weighted by Gasteiger charge is -2.62. The van der Waals surface area contributed by atoms with Crippen LogP contribution < -0.4 is 18.9 Å². The number of Topliss-reactive ketones (excluding diaryl/α,β-unsaturated/α-hetero) is 2. The molecule has 90 heavy (non-hydrogen) atoms. The third-order valence-corrected chi connectivity index (χ3v) is 19.7. The first-order valence-electron chi connectivity index (χ1n) is 30.4. The zero-order valence-corrected chi connectivity index (χ0v) is 50.7. The minimum atomic E-state index is -0.358. The van der Waals surface area contributed by atoms with E-state index in [2.05, 4.69) is 0 Å². The highest BCUT2D eigenvalue weighted by Crippen LogP contribution is 2.69. The third kappa shape index (κ3) is 11.5. The number of ketones is 2. The van der Waals surface area contributed by atoms with Gasteiger partial charge in [-0.25, -0.2) is 0 Å². The molecule has 0 aromatic heterocycles. The lowest BCUT2D eigenvalue weighted by atomic mass is 9.41. The highest BCUT2D eigenvalue weighted by Gasteiger charge is 2.61. The van der Waals surface area contributed by atoms with E-state index >= 15 is 0 Å². The molecule has 22 aliphatic heterocycles. The number of phenolic OH excluding ortho intramolecular Hbond substituents is 8. The van der Waals surface area contributed by atoms with Gasteiger partial charge in [-0.3, -0.25) is 0 Å². The Labute approximate surface area is 521 Å². The van der Waals surface area contributed by atoms with Gasteiger partial charge in [-0.1, -0.05) is 48.5 Å². The molecule has 0 saturated heterocycles. The van der Waals surface area contributed by atoms with Crippen LogP contribution in [0.25, 0.3) is 22.3 Å². The second kappa shape index (κ2) is 23.5. The Bertz CT molecular complexity index is 3410. The normalized spacial score (nSPS) is 24.9. The van der Waals surface area contributed by atoms with E-state index in [1.807, 2.05) is 48.5 Å². The number of phenols is 8. The fourth-order valence-electron chi connectivity index (χ4n) is 17.2. The van der Waals surface area contributed by atoms with Crippen LogP contribution in [0.2, 0.25) is 0 Å². The number of aromatic hydroxyl groups is 8. The van der Waals surface area contributed by atoms with E-state index < -0.39 is 0 Å². The zero-order valence-electron chi connectivity index (χ0n) is 50.7. The maximum absolute atomic E-state index is 11.6. The molecule has 8 aromatic carbocycles. The molecule has 8 aromatic rings. The largest absolute Gasteiger partial charge is 0.504 e. The molecule has 8 aliphatic carbocycles. The topological polar surface area (TPSA) is 296 Å². The van der Waals surface area contributed by atoms with Crippen LogP contribution in [0.5, 0.6) is 92.0 Å². The Morgan fingerprint density at radius 3 is 0.622 bits per heavy atom. The van der Waals surface area contributed by atoms with Gasteiger partial charge in [0.1, 0.15) is 34.6 Å². The second-order valence-electron chi connectivity index (χ2n) is 26.7. The van der Waals surface area contributed by atoms with Gasteiger partial charge in [-0.15, -0.1) is 0 Å². The van der Waals surface area contributed by atoms with E-state index in [-0.39, 0.29) is 113 Å². The van der Waals surface area contributed by atoms with Gasteiger partial charge in [0.25, 0.3) is 0 Å². The van der Waals surface area contributed by atoms with Gasteiger partial charge in [0, 0.05) is 0 Å². The molecule has 30 aliphatic rings. The number of hydrogen-bond donors (Lipinski definition) is 8. The molecule has 8 fully saturated rings. The fraction of sp³-hybridized carbons (Fsp3) is 0.324. The maximum atomic E-state index is 11.6. The molecule has 0 radical (unpaired) electrons. The third-order valence-electron chi connectivity index (χ3n) is 19.7. The first-order valence-corrected chi connectivity index (χ1v) is 30.4. The minimum absolute atomic E-state index is 0. The van der Waals surface area contributed by atoms with Gasteiger partial charge in [-0.05, 0) is 292 Å². The van der Waals surface area contributed by atoms with E-state index in [0.717, 1.165) is 109 Å². The summed E-state index contributed by atoms with van der Waals surface area (Å²) < 4.78 is 24.7. The summed E-state index contributed by atoms with van der Waals surface area (Å²) in [5.41, 5.74) is 5.42. The molecule has 24 bridgehead atoms. The van der Waals surface area contributed by atoms with E-state index in [1.165, 1.54) is 27.7 Å². The monoisotopic (exact) mass is 1220 g/mol. The molecule has 4 spiro atoms.